The molecule has 6 heteroatoms. The van der Waals surface area contributed by atoms with Gasteiger partial charge in [-0.3, -0.25) is 4.79 Å². The summed E-state index contributed by atoms with van der Waals surface area (Å²) < 4.78 is 24.1. The van der Waals surface area contributed by atoms with Gasteiger partial charge in [0, 0.05) is 17.4 Å². The molecule has 2 aromatic carbocycles. The lowest BCUT2D eigenvalue weighted by Crippen LogP contribution is -2.30. The lowest BCUT2D eigenvalue weighted by atomic mass is 10.2. The Bertz CT molecular complexity index is 1080. The van der Waals surface area contributed by atoms with Gasteiger partial charge in [0.05, 0.1) is 19.9 Å². The molecule has 0 unspecified atom stereocenters. The summed E-state index contributed by atoms with van der Waals surface area (Å²) in [5.74, 6) is 0.911. The minimum Gasteiger partial charge on any atom is -0.497 e. The largest absolute Gasteiger partial charge is 0.497 e. The Balaban J connectivity index is 1.63. The highest BCUT2D eigenvalue weighted by Gasteiger charge is 2.20. The molecule has 1 N–H and O–H groups in total. The monoisotopic (exact) mass is 378 g/mol. The standard InChI is InChI=1S/C22H19FN2O3/c1-27-18-7-4-15(5-8-18)13-25(14-19-3-2-10-28-19)22(26)21-12-16-11-17(23)6-9-20(16)24-21/h2-12,24H,13-14H2,1H3. The van der Waals surface area contributed by atoms with Crippen LogP contribution >= 0.6 is 0 Å². The molecule has 142 valence electrons. The number of hydrogen-bond donors (Lipinski definition) is 1. The number of fused-ring (bicyclic) bond motifs is 1. The van der Waals surface area contributed by atoms with Crippen molar-refractivity contribution >= 4 is 16.8 Å². The topological polar surface area (TPSA) is 58.5 Å². The number of carbonyl (C=O) groups is 1. The average Bonchev–Trinajstić information content (AvgIpc) is 3.36. The minimum atomic E-state index is -0.337. The number of amides is 1. The normalized spacial score (nSPS) is 10.9. The highest BCUT2D eigenvalue weighted by atomic mass is 19.1. The van der Waals surface area contributed by atoms with Crippen LogP contribution in [0.15, 0.2) is 71.3 Å². The SMILES string of the molecule is COc1ccc(CN(Cc2ccco2)C(=O)c2cc3cc(F)ccc3[nH]2)cc1. The van der Waals surface area contributed by atoms with E-state index >= 15 is 0 Å². The van der Waals surface area contributed by atoms with Crippen LogP contribution in [0.3, 0.4) is 0 Å². The van der Waals surface area contributed by atoms with E-state index in [-0.39, 0.29) is 11.7 Å². The first-order chi connectivity index (χ1) is 13.6. The molecule has 0 bridgehead atoms. The van der Waals surface area contributed by atoms with Crippen LogP contribution in [-0.2, 0) is 13.1 Å². The number of furan rings is 1. The predicted molar refractivity (Wildman–Crippen MR) is 104 cm³/mol. The van der Waals surface area contributed by atoms with Crippen molar-refractivity contribution in [1.29, 1.82) is 0 Å². The van der Waals surface area contributed by atoms with E-state index in [1.807, 2.05) is 30.3 Å². The fourth-order valence-electron chi connectivity index (χ4n) is 3.13. The van der Waals surface area contributed by atoms with Crippen LogP contribution in [0.2, 0.25) is 0 Å². The Kier molecular flexibility index (Phi) is 4.85. The Labute approximate surface area is 161 Å². The lowest BCUT2D eigenvalue weighted by molar-refractivity contribution is 0.0712. The first-order valence-corrected chi connectivity index (χ1v) is 8.85. The molecular weight excluding hydrogens is 359 g/mol. The number of nitrogens with one attached hydrogen (secondary N) is 1. The molecule has 0 saturated heterocycles. The summed E-state index contributed by atoms with van der Waals surface area (Å²) in [7, 11) is 1.61. The maximum Gasteiger partial charge on any atom is 0.271 e. The number of benzene rings is 2. The van der Waals surface area contributed by atoms with Gasteiger partial charge >= 0.3 is 0 Å². The number of nitrogens with zero attached hydrogens (tertiary/aromatic N) is 1. The van der Waals surface area contributed by atoms with Crippen LogP contribution in [0.25, 0.3) is 10.9 Å². The predicted octanol–water partition coefficient (Wildman–Crippen LogP) is 4.75. The van der Waals surface area contributed by atoms with E-state index in [2.05, 4.69) is 4.98 Å². The first kappa shape index (κ1) is 17.9. The van der Waals surface area contributed by atoms with Gasteiger partial charge in [-0.1, -0.05) is 12.1 Å². The fourth-order valence-corrected chi connectivity index (χ4v) is 3.13. The minimum absolute atomic E-state index is 0.191. The van der Waals surface area contributed by atoms with Crippen molar-refractivity contribution in [2.45, 2.75) is 13.1 Å². The highest BCUT2D eigenvalue weighted by Crippen LogP contribution is 2.21. The molecule has 1 amide bonds. The Hall–Kier alpha value is -3.54. The summed E-state index contributed by atoms with van der Waals surface area (Å²) in [6.45, 7) is 0.717. The van der Waals surface area contributed by atoms with Gasteiger partial charge in [0.2, 0.25) is 0 Å². The van der Waals surface area contributed by atoms with E-state index in [0.717, 1.165) is 11.3 Å². The summed E-state index contributed by atoms with van der Waals surface area (Å²) in [5.41, 5.74) is 2.08. The quantitative estimate of drug-likeness (QED) is 0.527. The second-order valence-electron chi connectivity index (χ2n) is 6.50. The van der Waals surface area contributed by atoms with E-state index < -0.39 is 0 Å². The van der Waals surface area contributed by atoms with Crippen molar-refractivity contribution in [3.05, 3.63) is 89.8 Å². The van der Waals surface area contributed by atoms with Gasteiger partial charge in [-0.05, 0) is 54.1 Å². The van der Waals surface area contributed by atoms with Crippen LogP contribution in [0.1, 0.15) is 21.8 Å². The molecular formula is C22H19FN2O3. The molecule has 0 atom stereocenters. The Morgan fingerprint density at radius 2 is 1.93 bits per heavy atom. The number of hydrogen-bond acceptors (Lipinski definition) is 3. The molecule has 2 heterocycles. The zero-order valence-corrected chi connectivity index (χ0v) is 15.3. The van der Waals surface area contributed by atoms with Crippen molar-refractivity contribution in [2.75, 3.05) is 7.11 Å². The molecule has 0 spiro atoms. The molecule has 0 saturated carbocycles. The third-order valence-corrected chi connectivity index (χ3v) is 4.56. The third-order valence-electron chi connectivity index (χ3n) is 4.56. The maximum absolute atomic E-state index is 13.5. The number of aromatic nitrogens is 1. The summed E-state index contributed by atoms with van der Waals surface area (Å²) in [6.07, 6.45) is 1.58. The van der Waals surface area contributed by atoms with E-state index in [1.165, 1.54) is 12.1 Å². The molecule has 0 fully saturated rings. The summed E-state index contributed by atoms with van der Waals surface area (Å²) in [6, 6.07) is 17.2. The summed E-state index contributed by atoms with van der Waals surface area (Å²) >= 11 is 0. The van der Waals surface area contributed by atoms with Crippen molar-refractivity contribution < 1.29 is 18.3 Å². The highest BCUT2D eigenvalue weighted by molar-refractivity contribution is 5.98. The van der Waals surface area contributed by atoms with Gasteiger partial charge in [-0.25, -0.2) is 4.39 Å². The number of methoxy groups -OCH3 is 1. The third kappa shape index (κ3) is 3.76. The molecule has 28 heavy (non-hydrogen) atoms. The smallest absolute Gasteiger partial charge is 0.271 e. The molecule has 4 aromatic rings. The maximum atomic E-state index is 13.5. The Morgan fingerprint density at radius 3 is 2.64 bits per heavy atom. The molecule has 0 radical (unpaired) electrons. The van der Waals surface area contributed by atoms with Crippen LogP contribution in [0.5, 0.6) is 5.75 Å². The van der Waals surface area contributed by atoms with Gasteiger partial charge in [0.1, 0.15) is 23.0 Å². The number of rotatable bonds is 6. The lowest BCUT2D eigenvalue weighted by Gasteiger charge is -2.21. The zero-order valence-electron chi connectivity index (χ0n) is 15.3. The van der Waals surface area contributed by atoms with Crippen molar-refractivity contribution in [3.8, 4) is 5.75 Å². The number of aromatic amines is 1. The van der Waals surface area contributed by atoms with Crippen molar-refractivity contribution in [2.24, 2.45) is 0 Å². The zero-order chi connectivity index (χ0) is 19.5. The fraction of sp³-hybridized carbons (Fsp3) is 0.136. The first-order valence-electron chi connectivity index (χ1n) is 8.85. The average molecular weight is 378 g/mol. The molecule has 0 aliphatic carbocycles. The number of carbonyl (C=O) groups excluding carboxylic acids is 1. The second kappa shape index (κ2) is 7.60. The molecule has 0 aliphatic heterocycles. The molecule has 4 rings (SSSR count). The summed E-state index contributed by atoms with van der Waals surface area (Å²) in [4.78, 5) is 17.9. The number of H-pyrrole nitrogens is 1. The van der Waals surface area contributed by atoms with Crippen LogP contribution in [0.4, 0.5) is 4.39 Å². The number of ether oxygens (including phenoxy) is 1. The van der Waals surface area contributed by atoms with Gasteiger partial charge in [-0.2, -0.15) is 0 Å². The molecule has 2 aromatic heterocycles. The van der Waals surface area contributed by atoms with Crippen LogP contribution < -0.4 is 4.74 Å². The van der Waals surface area contributed by atoms with Gasteiger partial charge in [-0.15, -0.1) is 0 Å². The van der Waals surface area contributed by atoms with E-state index in [4.69, 9.17) is 9.15 Å². The second-order valence-corrected chi connectivity index (χ2v) is 6.50. The van der Waals surface area contributed by atoms with Gasteiger partial charge in [0.25, 0.3) is 5.91 Å². The van der Waals surface area contributed by atoms with E-state index in [0.29, 0.717) is 35.4 Å². The van der Waals surface area contributed by atoms with Crippen molar-refractivity contribution in [3.63, 3.8) is 0 Å². The molecule has 5 nitrogen and oxygen atoms in total. The van der Waals surface area contributed by atoms with Crippen LogP contribution in [-0.4, -0.2) is 22.9 Å². The van der Waals surface area contributed by atoms with Gasteiger partial charge in [0.15, 0.2) is 0 Å². The molecule has 0 aliphatic rings. The van der Waals surface area contributed by atoms with Crippen LogP contribution in [0, 0.1) is 5.82 Å². The van der Waals surface area contributed by atoms with Crippen molar-refractivity contribution in [1.82, 2.24) is 9.88 Å². The number of halogens is 1. The Morgan fingerprint density at radius 1 is 1.11 bits per heavy atom. The van der Waals surface area contributed by atoms with E-state index in [9.17, 15) is 9.18 Å². The van der Waals surface area contributed by atoms with Gasteiger partial charge < -0.3 is 19.0 Å². The van der Waals surface area contributed by atoms with E-state index in [1.54, 1.807) is 36.5 Å². The summed E-state index contributed by atoms with van der Waals surface area (Å²) in [5, 5.41) is 0.658.